The van der Waals surface area contributed by atoms with E-state index in [0.29, 0.717) is 13.2 Å². The van der Waals surface area contributed by atoms with E-state index in [-0.39, 0.29) is 17.9 Å². The summed E-state index contributed by atoms with van der Waals surface area (Å²) in [5, 5.41) is 3.27. The Morgan fingerprint density at radius 3 is 3.17 bits per heavy atom. The third-order valence-corrected chi connectivity index (χ3v) is 2.64. The van der Waals surface area contributed by atoms with Crippen LogP contribution in [0.5, 0.6) is 0 Å². The molecule has 0 radical (unpaired) electrons. The Labute approximate surface area is 71.9 Å². The molecule has 1 amide bonds. The van der Waals surface area contributed by atoms with Gasteiger partial charge in [-0.15, -0.1) is 0 Å². The minimum atomic E-state index is 0.0301. The second-order valence-corrected chi connectivity index (χ2v) is 3.50. The van der Waals surface area contributed by atoms with Crippen molar-refractivity contribution in [3.63, 3.8) is 0 Å². The topological polar surface area (TPSA) is 41.6 Å². The number of amides is 1. The lowest BCUT2D eigenvalue weighted by Crippen LogP contribution is -2.41. The Kier molecular flexibility index (Phi) is 2.02. The van der Waals surface area contributed by atoms with Crippen molar-refractivity contribution >= 4 is 5.91 Å². The van der Waals surface area contributed by atoms with Crippen molar-refractivity contribution in [1.29, 1.82) is 0 Å². The number of rotatable bonds is 0. The van der Waals surface area contributed by atoms with Crippen molar-refractivity contribution in [2.75, 3.05) is 33.4 Å². The highest BCUT2D eigenvalue weighted by Crippen LogP contribution is 2.14. The van der Waals surface area contributed by atoms with Crippen molar-refractivity contribution in [2.24, 2.45) is 5.92 Å². The summed E-state index contributed by atoms with van der Waals surface area (Å²) in [5.41, 5.74) is 0. The van der Waals surface area contributed by atoms with E-state index in [2.05, 4.69) is 5.32 Å². The molecule has 1 N–H and O–H groups in total. The molecule has 68 valence electrons. The van der Waals surface area contributed by atoms with Crippen LogP contribution in [0.15, 0.2) is 0 Å². The van der Waals surface area contributed by atoms with E-state index in [4.69, 9.17) is 4.74 Å². The number of carbonyl (C=O) groups excluding carboxylic acids is 1. The SMILES string of the molecule is CN1C(=O)C2CNCC1COC2. The molecule has 2 saturated heterocycles. The normalized spacial score (nSPS) is 36.4. The minimum Gasteiger partial charge on any atom is -0.378 e. The largest absolute Gasteiger partial charge is 0.378 e. The number of hydrogen-bond acceptors (Lipinski definition) is 3. The number of hydrogen-bond donors (Lipinski definition) is 1. The predicted octanol–water partition coefficient (Wildman–Crippen LogP) is -0.937. The van der Waals surface area contributed by atoms with Gasteiger partial charge < -0.3 is 15.0 Å². The maximum absolute atomic E-state index is 11.6. The Morgan fingerprint density at radius 2 is 2.33 bits per heavy atom. The van der Waals surface area contributed by atoms with Crippen molar-refractivity contribution in [3.05, 3.63) is 0 Å². The number of likely N-dealkylation sites (N-methyl/N-ethyl adjacent to an activating group) is 1. The standard InChI is InChI=1S/C8H14N2O2/c1-10-7-3-9-2-6(8(10)11)4-12-5-7/h6-7,9H,2-5H2,1H3. The molecule has 4 heteroatoms. The first-order valence-electron chi connectivity index (χ1n) is 4.34. The number of carbonyl (C=O) groups is 1. The smallest absolute Gasteiger partial charge is 0.229 e. The summed E-state index contributed by atoms with van der Waals surface area (Å²) in [6, 6.07) is 0.227. The Hall–Kier alpha value is -0.610. The average molecular weight is 170 g/mol. The van der Waals surface area contributed by atoms with Gasteiger partial charge in [0.05, 0.1) is 25.2 Å². The molecule has 0 aromatic carbocycles. The van der Waals surface area contributed by atoms with Gasteiger partial charge in [-0.05, 0) is 0 Å². The summed E-state index contributed by atoms with van der Waals surface area (Å²) in [5.74, 6) is 0.255. The van der Waals surface area contributed by atoms with Crippen LogP contribution in [0.25, 0.3) is 0 Å². The molecule has 0 aromatic rings. The number of fused-ring (bicyclic) bond motifs is 3. The van der Waals surface area contributed by atoms with Gasteiger partial charge in [-0.3, -0.25) is 4.79 Å². The highest BCUT2D eigenvalue weighted by Gasteiger charge is 2.33. The van der Waals surface area contributed by atoms with Gasteiger partial charge in [-0.25, -0.2) is 0 Å². The van der Waals surface area contributed by atoms with Crippen LogP contribution in [0.4, 0.5) is 0 Å². The van der Waals surface area contributed by atoms with Crippen LogP contribution in [0.1, 0.15) is 0 Å². The summed E-state index contributed by atoms with van der Waals surface area (Å²) in [7, 11) is 1.86. The molecule has 12 heavy (non-hydrogen) atoms. The minimum absolute atomic E-state index is 0.0301. The van der Waals surface area contributed by atoms with Gasteiger partial charge in [0, 0.05) is 20.1 Å². The summed E-state index contributed by atoms with van der Waals surface area (Å²) < 4.78 is 5.40. The predicted molar refractivity (Wildman–Crippen MR) is 43.7 cm³/mol. The van der Waals surface area contributed by atoms with Gasteiger partial charge in [-0.1, -0.05) is 0 Å². The molecule has 2 heterocycles. The lowest BCUT2D eigenvalue weighted by molar-refractivity contribution is -0.133. The van der Waals surface area contributed by atoms with Crippen LogP contribution >= 0.6 is 0 Å². The lowest BCUT2D eigenvalue weighted by Gasteiger charge is -2.23. The van der Waals surface area contributed by atoms with E-state index in [0.717, 1.165) is 13.1 Å². The Balaban J connectivity index is 2.22. The van der Waals surface area contributed by atoms with Gasteiger partial charge in [0.15, 0.2) is 0 Å². The maximum atomic E-state index is 11.6. The third-order valence-electron chi connectivity index (χ3n) is 2.64. The number of nitrogens with zero attached hydrogens (tertiary/aromatic N) is 1. The van der Waals surface area contributed by atoms with Crippen LogP contribution in [0, 0.1) is 5.92 Å². The highest BCUT2D eigenvalue weighted by atomic mass is 16.5. The van der Waals surface area contributed by atoms with E-state index < -0.39 is 0 Å². The first kappa shape index (κ1) is 8.01. The molecule has 2 fully saturated rings. The van der Waals surface area contributed by atoms with E-state index in [1.807, 2.05) is 11.9 Å². The Morgan fingerprint density at radius 1 is 1.50 bits per heavy atom. The molecule has 2 unspecified atom stereocenters. The molecule has 0 aromatic heterocycles. The zero-order valence-corrected chi connectivity index (χ0v) is 7.25. The van der Waals surface area contributed by atoms with Crippen LogP contribution in [0.3, 0.4) is 0 Å². The van der Waals surface area contributed by atoms with E-state index in [1.54, 1.807) is 0 Å². The molecule has 0 aliphatic carbocycles. The van der Waals surface area contributed by atoms with Gasteiger partial charge in [0.2, 0.25) is 5.91 Å². The van der Waals surface area contributed by atoms with E-state index in [1.165, 1.54) is 0 Å². The fourth-order valence-corrected chi connectivity index (χ4v) is 1.76. The van der Waals surface area contributed by atoms with E-state index >= 15 is 0 Å². The van der Waals surface area contributed by atoms with Gasteiger partial charge in [0.1, 0.15) is 0 Å². The first-order chi connectivity index (χ1) is 5.79. The number of ether oxygens (including phenoxy) is 1. The summed E-state index contributed by atoms with van der Waals surface area (Å²) in [6.07, 6.45) is 0. The molecule has 4 nitrogen and oxygen atoms in total. The molecule has 2 atom stereocenters. The second-order valence-electron chi connectivity index (χ2n) is 3.50. The lowest BCUT2D eigenvalue weighted by atomic mass is 10.1. The quantitative estimate of drug-likeness (QED) is 0.510. The second kappa shape index (κ2) is 3.03. The van der Waals surface area contributed by atoms with Crippen LogP contribution < -0.4 is 5.32 Å². The average Bonchev–Trinajstić information content (AvgIpc) is 2.19. The monoisotopic (exact) mass is 170 g/mol. The molecule has 0 spiro atoms. The zero-order chi connectivity index (χ0) is 8.55. The molecular weight excluding hydrogens is 156 g/mol. The fourth-order valence-electron chi connectivity index (χ4n) is 1.76. The van der Waals surface area contributed by atoms with Gasteiger partial charge >= 0.3 is 0 Å². The van der Waals surface area contributed by atoms with Crippen molar-refractivity contribution < 1.29 is 9.53 Å². The molecule has 0 saturated carbocycles. The fraction of sp³-hybridized carbons (Fsp3) is 0.875. The molecule has 2 rings (SSSR count). The van der Waals surface area contributed by atoms with Crippen molar-refractivity contribution in [1.82, 2.24) is 10.2 Å². The molecule has 2 aliphatic rings. The van der Waals surface area contributed by atoms with Crippen LogP contribution in [0.2, 0.25) is 0 Å². The van der Waals surface area contributed by atoms with Crippen LogP contribution in [-0.4, -0.2) is 50.2 Å². The third kappa shape index (κ3) is 1.21. The zero-order valence-electron chi connectivity index (χ0n) is 7.25. The summed E-state index contributed by atoms with van der Waals surface area (Å²) in [6.45, 7) is 2.87. The number of nitrogens with one attached hydrogen (secondary N) is 1. The van der Waals surface area contributed by atoms with Crippen molar-refractivity contribution in [3.8, 4) is 0 Å². The van der Waals surface area contributed by atoms with Crippen molar-refractivity contribution in [2.45, 2.75) is 6.04 Å². The van der Waals surface area contributed by atoms with E-state index in [9.17, 15) is 4.79 Å². The summed E-state index contributed by atoms with van der Waals surface area (Å²) >= 11 is 0. The molecule has 2 bridgehead atoms. The highest BCUT2D eigenvalue weighted by molar-refractivity contribution is 5.79. The summed E-state index contributed by atoms with van der Waals surface area (Å²) in [4.78, 5) is 13.4. The molecule has 2 aliphatic heterocycles. The molecular formula is C8H14N2O2. The maximum Gasteiger partial charge on any atom is 0.229 e. The van der Waals surface area contributed by atoms with Crippen LogP contribution in [-0.2, 0) is 9.53 Å². The Bertz CT molecular complexity index is 181. The first-order valence-corrected chi connectivity index (χ1v) is 4.34. The van der Waals surface area contributed by atoms with Gasteiger partial charge in [-0.2, -0.15) is 0 Å². The van der Waals surface area contributed by atoms with Gasteiger partial charge in [0.25, 0.3) is 0 Å².